The van der Waals surface area contributed by atoms with Crippen LogP contribution in [0.15, 0.2) is 35.6 Å². The first-order chi connectivity index (χ1) is 9.61. The Morgan fingerprint density at radius 3 is 2.70 bits per heavy atom. The first kappa shape index (κ1) is 14.3. The number of hydrazone groups is 1. The molecule has 1 heterocycles. The fraction of sp³-hybridized carbons (Fsp3) is 0.143. The average Bonchev–Trinajstić information content (AvgIpc) is 2.46. The second-order valence-corrected chi connectivity index (χ2v) is 4.60. The number of aromatic hydroxyl groups is 1. The van der Waals surface area contributed by atoms with Crippen molar-refractivity contribution in [1.82, 2.24) is 4.98 Å². The Balaban J connectivity index is 2.19. The molecule has 0 aliphatic rings. The molecule has 5 nitrogen and oxygen atoms in total. The summed E-state index contributed by atoms with van der Waals surface area (Å²) in [5.41, 5.74) is 5.02. The van der Waals surface area contributed by atoms with Crippen LogP contribution in [0.4, 0.5) is 5.69 Å². The molecule has 0 fully saturated rings. The van der Waals surface area contributed by atoms with Crippen LogP contribution in [-0.2, 0) is 6.61 Å². The molecule has 0 radical (unpaired) electrons. The number of hydrogen-bond donors (Lipinski definition) is 3. The van der Waals surface area contributed by atoms with E-state index in [4.69, 9.17) is 11.6 Å². The van der Waals surface area contributed by atoms with Gasteiger partial charge in [0.05, 0.1) is 24.2 Å². The van der Waals surface area contributed by atoms with Crippen molar-refractivity contribution in [3.05, 3.63) is 52.3 Å². The van der Waals surface area contributed by atoms with E-state index < -0.39 is 0 Å². The molecule has 0 bridgehead atoms. The Labute approximate surface area is 121 Å². The highest BCUT2D eigenvalue weighted by molar-refractivity contribution is 6.30. The molecule has 0 saturated heterocycles. The van der Waals surface area contributed by atoms with E-state index >= 15 is 0 Å². The van der Waals surface area contributed by atoms with Gasteiger partial charge >= 0.3 is 0 Å². The topological polar surface area (TPSA) is 77.7 Å². The second-order valence-electron chi connectivity index (χ2n) is 4.17. The van der Waals surface area contributed by atoms with E-state index in [1.807, 2.05) is 0 Å². The van der Waals surface area contributed by atoms with E-state index in [-0.39, 0.29) is 12.4 Å². The van der Waals surface area contributed by atoms with Crippen molar-refractivity contribution < 1.29 is 10.2 Å². The number of aliphatic hydroxyl groups is 1. The maximum absolute atomic E-state index is 9.93. The third kappa shape index (κ3) is 3.26. The van der Waals surface area contributed by atoms with Crippen molar-refractivity contribution in [3.8, 4) is 5.75 Å². The van der Waals surface area contributed by atoms with Gasteiger partial charge in [-0.05, 0) is 31.2 Å². The van der Waals surface area contributed by atoms with E-state index in [1.54, 1.807) is 31.2 Å². The average molecular weight is 292 g/mol. The van der Waals surface area contributed by atoms with Crippen LogP contribution in [0.3, 0.4) is 0 Å². The van der Waals surface area contributed by atoms with Crippen molar-refractivity contribution in [2.24, 2.45) is 5.10 Å². The van der Waals surface area contributed by atoms with Crippen molar-refractivity contribution in [2.75, 3.05) is 5.43 Å². The summed E-state index contributed by atoms with van der Waals surface area (Å²) in [6.45, 7) is 1.46. The van der Waals surface area contributed by atoms with E-state index in [2.05, 4.69) is 15.5 Å². The molecule has 2 rings (SSSR count). The first-order valence-corrected chi connectivity index (χ1v) is 6.32. The molecule has 0 spiro atoms. The zero-order chi connectivity index (χ0) is 14.5. The van der Waals surface area contributed by atoms with Crippen molar-refractivity contribution >= 4 is 23.5 Å². The van der Waals surface area contributed by atoms with E-state index in [9.17, 15) is 10.2 Å². The van der Waals surface area contributed by atoms with Crippen LogP contribution in [0.5, 0.6) is 5.75 Å². The van der Waals surface area contributed by atoms with Gasteiger partial charge in [0.2, 0.25) is 0 Å². The highest BCUT2D eigenvalue weighted by Crippen LogP contribution is 2.22. The molecule has 0 aliphatic carbocycles. The normalized spacial score (nSPS) is 10.9. The van der Waals surface area contributed by atoms with Crippen LogP contribution in [0, 0.1) is 6.92 Å². The molecule has 0 unspecified atom stereocenters. The van der Waals surface area contributed by atoms with Gasteiger partial charge in [0.15, 0.2) is 0 Å². The lowest BCUT2D eigenvalue weighted by molar-refractivity contribution is 0.280. The molecule has 0 aliphatic heterocycles. The lowest BCUT2D eigenvalue weighted by Gasteiger charge is -2.07. The third-order valence-corrected chi connectivity index (χ3v) is 3.01. The lowest BCUT2D eigenvalue weighted by atomic mass is 10.1. The summed E-state index contributed by atoms with van der Waals surface area (Å²) in [7, 11) is 0. The number of aliphatic hydroxyl groups excluding tert-OH is 1. The predicted molar refractivity (Wildman–Crippen MR) is 79.2 cm³/mol. The zero-order valence-corrected chi connectivity index (χ0v) is 11.6. The number of pyridine rings is 1. The number of halogens is 1. The summed E-state index contributed by atoms with van der Waals surface area (Å²) in [5, 5.41) is 23.8. The number of anilines is 1. The van der Waals surface area contributed by atoms with Gasteiger partial charge in [0.25, 0.3) is 0 Å². The Morgan fingerprint density at radius 2 is 2.05 bits per heavy atom. The minimum atomic E-state index is -0.219. The van der Waals surface area contributed by atoms with Gasteiger partial charge in [0, 0.05) is 22.3 Å². The van der Waals surface area contributed by atoms with Crippen molar-refractivity contribution in [3.63, 3.8) is 0 Å². The van der Waals surface area contributed by atoms with E-state index in [1.165, 1.54) is 12.4 Å². The minimum absolute atomic E-state index is 0.0122. The maximum atomic E-state index is 9.93. The van der Waals surface area contributed by atoms with E-state index in [0.717, 1.165) is 5.69 Å². The second kappa shape index (κ2) is 6.36. The van der Waals surface area contributed by atoms with E-state index in [0.29, 0.717) is 21.8 Å². The van der Waals surface area contributed by atoms with Crippen LogP contribution < -0.4 is 5.43 Å². The van der Waals surface area contributed by atoms with Crippen LogP contribution >= 0.6 is 11.6 Å². The number of nitrogens with zero attached hydrogens (tertiary/aromatic N) is 2. The van der Waals surface area contributed by atoms with Crippen LogP contribution in [0.25, 0.3) is 0 Å². The van der Waals surface area contributed by atoms with Gasteiger partial charge in [-0.2, -0.15) is 5.10 Å². The Hall–Kier alpha value is -2.11. The minimum Gasteiger partial charge on any atom is -0.505 e. The number of aryl methyl sites for hydroxylation is 1. The Kier molecular flexibility index (Phi) is 4.55. The molecule has 104 valence electrons. The largest absolute Gasteiger partial charge is 0.505 e. The summed E-state index contributed by atoms with van der Waals surface area (Å²) in [6.07, 6.45) is 2.96. The van der Waals surface area contributed by atoms with Gasteiger partial charge in [-0.3, -0.25) is 10.4 Å². The standard InChI is InChI=1S/C14H14ClN3O2/c1-9-14(20)13(10(8-19)6-16-9)7-17-18-12-4-2-11(15)3-5-12/h2-7,18-20H,8H2,1H3/b17-7+. The molecular weight excluding hydrogens is 278 g/mol. The Morgan fingerprint density at radius 1 is 1.35 bits per heavy atom. The summed E-state index contributed by atoms with van der Waals surface area (Å²) < 4.78 is 0. The molecule has 3 N–H and O–H groups in total. The summed E-state index contributed by atoms with van der Waals surface area (Å²) in [5.74, 6) is 0.0122. The fourth-order valence-corrected chi connectivity index (χ4v) is 1.74. The molecule has 20 heavy (non-hydrogen) atoms. The quantitative estimate of drug-likeness (QED) is 0.598. The fourth-order valence-electron chi connectivity index (χ4n) is 1.62. The van der Waals surface area contributed by atoms with Gasteiger partial charge < -0.3 is 10.2 Å². The number of rotatable bonds is 4. The van der Waals surface area contributed by atoms with Gasteiger partial charge in [-0.25, -0.2) is 0 Å². The van der Waals surface area contributed by atoms with Crippen molar-refractivity contribution in [2.45, 2.75) is 13.5 Å². The zero-order valence-electron chi connectivity index (χ0n) is 10.8. The Bertz CT molecular complexity index is 627. The highest BCUT2D eigenvalue weighted by atomic mass is 35.5. The monoisotopic (exact) mass is 291 g/mol. The van der Waals surface area contributed by atoms with Crippen LogP contribution in [0.1, 0.15) is 16.8 Å². The van der Waals surface area contributed by atoms with Gasteiger partial charge in [0.1, 0.15) is 5.75 Å². The van der Waals surface area contributed by atoms with Gasteiger partial charge in [-0.1, -0.05) is 11.6 Å². The summed E-state index contributed by atoms with van der Waals surface area (Å²) in [6, 6.07) is 7.05. The molecule has 6 heteroatoms. The summed E-state index contributed by atoms with van der Waals surface area (Å²) >= 11 is 5.79. The molecule has 1 aromatic carbocycles. The maximum Gasteiger partial charge on any atom is 0.145 e. The molecule has 0 atom stereocenters. The smallest absolute Gasteiger partial charge is 0.145 e. The highest BCUT2D eigenvalue weighted by Gasteiger charge is 2.09. The number of nitrogens with one attached hydrogen (secondary N) is 1. The van der Waals surface area contributed by atoms with Gasteiger partial charge in [-0.15, -0.1) is 0 Å². The SMILES string of the molecule is Cc1ncc(CO)c(/C=N/Nc2ccc(Cl)cc2)c1O. The lowest BCUT2D eigenvalue weighted by Crippen LogP contribution is -1.99. The van der Waals surface area contributed by atoms with Crippen molar-refractivity contribution in [1.29, 1.82) is 0 Å². The number of hydrogen-bond acceptors (Lipinski definition) is 5. The molecule has 2 aromatic rings. The van der Waals surface area contributed by atoms with Crippen LogP contribution in [-0.4, -0.2) is 21.4 Å². The molecular formula is C14H14ClN3O2. The molecule has 0 saturated carbocycles. The summed E-state index contributed by atoms with van der Waals surface area (Å²) in [4.78, 5) is 3.98. The first-order valence-electron chi connectivity index (χ1n) is 5.94. The predicted octanol–water partition coefficient (Wildman–Crippen LogP) is 2.69. The third-order valence-electron chi connectivity index (χ3n) is 2.76. The molecule has 1 aromatic heterocycles. The number of aromatic nitrogens is 1. The van der Waals surface area contributed by atoms with Crippen LogP contribution in [0.2, 0.25) is 5.02 Å². The molecule has 0 amide bonds. The number of benzene rings is 1.